The number of primary amides is 1. The molecule has 0 spiro atoms. The number of carbonyl (C=O) groups excluding carboxylic acids is 2. The van der Waals surface area contributed by atoms with Gasteiger partial charge < -0.3 is 10.6 Å². The number of aromatic nitrogens is 3. The van der Waals surface area contributed by atoms with E-state index in [1.165, 1.54) is 0 Å². The number of likely N-dealkylation sites (tertiary alicyclic amines) is 1. The largest absolute Gasteiger partial charge is 0.366 e. The number of amides is 2. The van der Waals surface area contributed by atoms with Crippen LogP contribution in [0.1, 0.15) is 53.1 Å². The number of fused-ring (bicyclic) bond motifs is 1. The summed E-state index contributed by atoms with van der Waals surface area (Å²) in [4.78, 5) is 32.1. The van der Waals surface area contributed by atoms with Crippen LogP contribution >= 0.6 is 0 Å². The lowest BCUT2D eigenvalue weighted by Gasteiger charge is -2.34. The number of pyridine rings is 1. The zero-order chi connectivity index (χ0) is 22.1. The Balaban J connectivity index is 1.55. The molecule has 2 aromatic heterocycles. The van der Waals surface area contributed by atoms with E-state index in [0.717, 1.165) is 41.7 Å². The third kappa shape index (κ3) is 4.31. The molecule has 1 aromatic carbocycles. The third-order valence-corrected chi connectivity index (χ3v) is 6.11. The minimum absolute atomic E-state index is 0.00862. The normalized spacial score (nSPS) is 17.6. The van der Waals surface area contributed by atoms with E-state index in [1.54, 1.807) is 0 Å². The van der Waals surface area contributed by atoms with Crippen LogP contribution in [0.3, 0.4) is 0 Å². The summed E-state index contributed by atoms with van der Waals surface area (Å²) in [5, 5.41) is 5.38. The summed E-state index contributed by atoms with van der Waals surface area (Å²) >= 11 is 0. The Morgan fingerprint density at radius 1 is 1.23 bits per heavy atom. The Labute approximate surface area is 182 Å². The summed E-state index contributed by atoms with van der Waals surface area (Å²) in [5.41, 5.74) is 9.69. The summed E-state index contributed by atoms with van der Waals surface area (Å²) in [6, 6.07) is 11.6. The van der Waals surface area contributed by atoms with Gasteiger partial charge in [-0.15, -0.1) is 0 Å². The van der Waals surface area contributed by atoms with E-state index in [0.29, 0.717) is 24.3 Å². The first kappa shape index (κ1) is 21.0. The summed E-state index contributed by atoms with van der Waals surface area (Å²) in [6.45, 7) is 7.73. The molecule has 0 bridgehead atoms. The summed E-state index contributed by atoms with van der Waals surface area (Å²) < 4.78 is 1.90. The number of hydrogen-bond donors (Lipinski definition) is 1. The molecule has 4 rings (SSSR count). The molecule has 7 nitrogen and oxygen atoms in total. The first-order valence-electron chi connectivity index (χ1n) is 10.8. The van der Waals surface area contributed by atoms with Gasteiger partial charge in [0.25, 0.3) is 5.91 Å². The maximum absolute atomic E-state index is 13.2. The zero-order valence-electron chi connectivity index (χ0n) is 18.3. The fourth-order valence-electron chi connectivity index (χ4n) is 4.55. The number of rotatable bonds is 5. The number of hydrogen-bond acceptors (Lipinski definition) is 4. The minimum Gasteiger partial charge on any atom is -0.366 e. The van der Waals surface area contributed by atoms with Gasteiger partial charge in [-0.3, -0.25) is 19.3 Å². The molecule has 0 radical (unpaired) electrons. The molecule has 1 fully saturated rings. The van der Waals surface area contributed by atoms with Gasteiger partial charge in [0.05, 0.1) is 34.9 Å². The van der Waals surface area contributed by atoms with E-state index in [4.69, 9.17) is 10.7 Å². The molecule has 3 aromatic rings. The number of piperidine rings is 1. The van der Waals surface area contributed by atoms with E-state index >= 15 is 0 Å². The summed E-state index contributed by atoms with van der Waals surface area (Å²) in [5.74, 6) is -0.559. The van der Waals surface area contributed by atoms with Crippen LogP contribution in [0.25, 0.3) is 10.9 Å². The quantitative estimate of drug-likeness (QED) is 0.687. The van der Waals surface area contributed by atoms with Crippen LogP contribution in [0.4, 0.5) is 0 Å². The fourth-order valence-corrected chi connectivity index (χ4v) is 4.55. The number of nitrogens with zero attached hydrogens (tertiary/aromatic N) is 4. The molecule has 2 unspecified atom stereocenters. The molecular weight excluding hydrogens is 390 g/mol. The third-order valence-electron chi connectivity index (χ3n) is 6.11. The molecule has 2 amide bonds. The van der Waals surface area contributed by atoms with Crippen LogP contribution in [-0.4, -0.2) is 44.6 Å². The zero-order valence-corrected chi connectivity index (χ0v) is 18.3. The molecule has 7 heteroatoms. The first-order chi connectivity index (χ1) is 14.8. The Bertz CT molecular complexity index is 1140. The van der Waals surface area contributed by atoms with E-state index in [9.17, 15) is 9.59 Å². The summed E-state index contributed by atoms with van der Waals surface area (Å²) in [7, 11) is 0. The lowest BCUT2D eigenvalue weighted by molar-refractivity contribution is -0.136. The van der Waals surface area contributed by atoms with Gasteiger partial charge in [0.1, 0.15) is 0 Å². The highest BCUT2D eigenvalue weighted by molar-refractivity contribution is 5.97. The van der Waals surface area contributed by atoms with Gasteiger partial charge in [0, 0.05) is 30.1 Å². The van der Waals surface area contributed by atoms with Gasteiger partial charge in [0.2, 0.25) is 5.91 Å². The molecule has 1 aliphatic rings. The number of carbonyl (C=O) groups is 2. The van der Waals surface area contributed by atoms with Crippen molar-refractivity contribution in [1.29, 1.82) is 0 Å². The lowest BCUT2D eigenvalue weighted by Crippen LogP contribution is -2.43. The molecule has 31 heavy (non-hydrogen) atoms. The molecule has 3 heterocycles. The molecule has 2 atom stereocenters. The van der Waals surface area contributed by atoms with E-state index < -0.39 is 5.91 Å². The van der Waals surface area contributed by atoms with E-state index in [2.05, 4.69) is 5.10 Å². The van der Waals surface area contributed by atoms with Crippen molar-refractivity contribution in [2.24, 2.45) is 11.7 Å². The second kappa shape index (κ2) is 8.49. The topological polar surface area (TPSA) is 94.1 Å². The summed E-state index contributed by atoms with van der Waals surface area (Å²) in [6.07, 6.45) is 1.75. The van der Waals surface area contributed by atoms with Gasteiger partial charge in [-0.1, -0.05) is 25.1 Å². The molecule has 0 saturated carbocycles. The molecule has 1 aliphatic heterocycles. The average Bonchev–Trinajstić information content (AvgIpc) is 3.08. The Morgan fingerprint density at radius 2 is 2.00 bits per heavy atom. The highest BCUT2D eigenvalue weighted by atomic mass is 16.2. The standard InChI is InChI=1S/C24H29N5O2/c1-15(13-29-17(3)11-16(2)27-29)24(31)28-10-6-8-19(14-28)22-20(23(25)30)12-18-7-4-5-9-21(18)26-22/h4-5,7,9,11-12,15,19H,6,8,10,13-14H2,1-3H3,(H2,25,30). The van der Waals surface area contributed by atoms with Crippen molar-refractivity contribution in [3.05, 3.63) is 59.0 Å². The molecule has 0 aliphatic carbocycles. The number of aryl methyl sites for hydroxylation is 2. The lowest BCUT2D eigenvalue weighted by atomic mass is 9.90. The van der Waals surface area contributed by atoms with Crippen molar-refractivity contribution in [2.75, 3.05) is 13.1 Å². The van der Waals surface area contributed by atoms with Crippen LogP contribution in [-0.2, 0) is 11.3 Å². The smallest absolute Gasteiger partial charge is 0.250 e. The molecule has 2 N–H and O–H groups in total. The predicted octanol–water partition coefficient (Wildman–Crippen LogP) is 3.19. The average molecular weight is 420 g/mol. The predicted molar refractivity (Wildman–Crippen MR) is 120 cm³/mol. The maximum Gasteiger partial charge on any atom is 0.250 e. The second-order valence-electron chi connectivity index (χ2n) is 8.61. The van der Waals surface area contributed by atoms with Gasteiger partial charge in [0.15, 0.2) is 0 Å². The van der Waals surface area contributed by atoms with Gasteiger partial charge >= 0.3 is 0 Å². The maximum atomic E-state index is 13.2. The van der Waals surface area contributed by atoms with Crippen molar-refractivity contribution >= 4 is 22.7 Å². The highest BCUT2D eigenvalue weighted by Crippen LogP contribution is 2.30. The van der Waals surface area contributed by atoms with Crippen LogP contribution in [0.5, 0.6) is 0 Å². The van der Waals surface area contributed by atoms with Crippen LogP contribution < -0.4 is 5.73 Å². The van der Waals surface area contributed by atoms with Gasteiger partial charge in [-0.05, 0) is 44.9 Å². The monoisotopic (exact) mass is 419 g/mol. The first-order valence-corrected chi connectivity index (χ1v) is 10.8. The van der Waals surface area contributed by atoms with E-state index in [-0.39, 0.29) is 17.7 Å². The van der Waals surface area contributed by atoms with Crippen LogP contribution in [0.2, 0.25) is 0 Å². The Hall–Kier alpha value is -3.22. The Morgan fingerprint density at radius 3 is 2.71 bits per heavy atom. The van der Waals surface area contributed by atoms with Gasteiger partial charge in [-0.2, -0.15) is 5.10 Å². The second-order valence-corrected chi connectivity index (χ2v) is 8.61. The van der Waals surface area contributed by atoms with Crippen molar-refractivity contribution in [2.45, 2.75) is 46.1 Å². The molecule has 1 saturated heterocycles. The van der Waals surface area contributed by atoms with Crippen LogP contribution in [0.15, 0.2) is 36.4 Å². The Kier molecular flexibility index (Phi) is 5.76. The number of para-hydroxylation sites is 1. The molecular formula is C24H29N5O2. The van der Waals surface area contributed by atoms with Gasteiger partial charge in [-0.25, -0.2) is 0 Å². The minimum atomic E-state index is -0.477. The molecule has 162 valence electrons. The highest BCUT2D eigenvalue weighted by Gasteiger charge is 2.30. The number of nitrogens with two attached hydrogens (primary N) is 1. The van der Waals surface area contributed by atoms with Crippen molar-refractivity contribution in [3.8, 4) is 0 Å². The van der Waals surface area contributed by atoms with E-state index in [1.807, 2.05) is 66.8 Å². The SMILES string of the molecule is Cc1cc(C)n(CC(C)C(=O)N2CCCC(c3nc4ccccc4cc3C(N)=O)C2)n1. The van der Waals surface area contributed by atoms with Crippen molar-refractivity contribution in [1.82, 2.24) is 19.7 Å². The van der Waals surface area contributed by atoms with Crippen molar-refractivity contribution in [3.63, 3.8) is 0 Å². The fraction of sp³-hybridized carbons (Fsp3) is 0.417. The van der Waals surface area contributed by atoms with Crippen LogP contribution in [0, 0.1) is 19.8 Å². The van der Waals surface area contributed by atoms with Crippen molar-refractivity contribution < 1.29 is 9.59 Å². The number of benzene rings is 1.